The lowest BCUT2D eigenvalue weighted by Gasteiger charge is -2.12. The number of oxazole rings is 1. The molecule has 1 heterocycles. The lowest BCUT2D eigenvalue weighted by molar-refractivity contribution is -0.150. The van der Waals surface area contributed by atoms with Crippen molar-refractivity contribution in [3.05, 3.63) is 65.8 Å². The number of fused-ring (bicyclic) bond motifs is 1. The molecule has 0 bridgehead atoms. The first-order valence-corrected chi connectivity index (χ1v) is 9.20. The fourth-order valence-corrected chi connectivity index (χ4v) is 2.50. The minimum atomic E-state index is -1.74. The Bertz CT molecular complexity index is 1180. The fraction of sp³-hybridized carbons (Fsp3) is 0.143. The Kier molecular flexibility index (Phi) is 6.88. The van der Waals surface area contributed by atoms with Crippen molar-refractivity contribution in [3.8, 4) is 0 Å². The molecular formula is C21H16F3N3O5. The summed E-state index contributed by atoms with van der Waals surface area (Å²) in [5.41, 5.74) is 0.552. The summed E-state index contributed by atoms with van der Waals surface area (Å²) in [6.07, 6.45) is 1.03. The van der Waals surface area contributed by atoms with Crippen LogP contribution in [0.1, 0.15) is 12.8 Å². The number of ether oxygens (including phenoxy) is 1. The molecule has 0 saturated carbocycles. The topological polar surface area (TPSA) is 111 Å². The van der Waals surface area contributed by atoms with Crippen LogP contribution in [0.4, 0.5) is 18.9 Å². The number of benzene rings is 2. The predicted molar refractivity (Wildman–Crippen MR) is 107 cm³/mol. The average molecular weight is 447 g/mol. The number of esters is 1. The molecular weight excluding hydrogens is 431 g/mol. The van der Waals surface area contributed by atoms with Gasteiger partial charge in [-0.1, -0.05) is 12.1 Å². The second kappa shape index (κ2) is 9.77. The Balaban J connectivity index is 1.47. The van der Waals surface area contributed by atoms with Crippen molar-refractivity contribution in [2.75, 3.05) is 11.9 Å². The summed E-state index contributed by atoms with van der Waals surface area (Å²) >= 11 is 0. The first-order valence-electron chi connectivity index (χ1n) is 9.20. The molecule has 0 aliphatic rings. The van der Waals surface area contributed by atoms with Crippen molar-refractivity contribution >= 4 is 40.6 Å². The van der Waals surface area contributed by atoms with Crippen molar-refractivity contribution in [1.29, 1.82) is 0 Å². The zero-order valence-corrected chi connectivity index (χ0v) is 16.5. The number of para-hydroxylation sites is 2. The summed E-state index contributed by atoms with van der Waals surface area (Å²) in [5.74, 6) is -7.12. The van der Waals surface area contributed by atoms with E-state index < -0.39 is 53.6 Å². The Labute approximate surface area is 179 Å². The molecule has 0 fully saturated rings. The highest BCUT2D eigenvalue weighted by Crippen LogP contribution is 2.19. The number of nitrogens with one attached hydrogen (secondary N) is 2. The number of nitrogens with zero attached hydrogens (tertiary/aromatic N) is 1. The van der Waals surface area contributed by atoms with E-state index in [1.165, 1.54) is 13.0 Å². The summed E-state index contributed by atoms with van der Waals surface area (Å²) in [6, 6.07) is 8.47. The van der Waals surface area contributed by atoms with E-state index in [0.29, 0.717) is 17.2 Å². The van der Waals surface area contributed by atoms with Gasteiger partial charge in [-0.3, -0.25) is 9.59 Å². The first-order chi connectivity index (χ1) is 15.2. The van der Waals surface area contributed by atoms with E-state index in [0.717, 1.165) is 12.1 Å². The van der Waals surface area contributed by atoms with Crippen LogP contribution < -0.4 is 10.6 Å². The van der Waals surface area contributed by atoms with Crippen LogP contribution in [0.2, 0.25) is 0 Å². The van der Waals surface area contributed by atoms with Crippen molar-refractivity contribution in [2.24, 2.45) is 0 Å². The number of hydrogen-bond acceptors (Lipinski definition) is 6. The smallest absolute Gasteiger partial charge is 0.331 e. The third-order valence-electron chi connectivity index (χ3n) is 4.07. The molecule has 0 radical (unpaired) electrons. The van der Waals surface area contributed by atoms with Crippen molar-refractivity contribution in [2.45, 2.75) is 13.0 Å². The maximum absolute atomic E-state index is 13.6. The van der Waals surface area contributed by atoms with Crippen molar-refractivity contribution in [1.82, 2.24) is 10.3 Å². The van der Waals surface area contributed by atoms with Gasteiger partial charge in [0.05, 0.1) is 12.2 Å². The second-order valence-electron chi connectivity index (χ2n) is 6.42. The summed E-state index contributed by atoms with van der Waals surface area (Å²) < 4.78 is 50.0. The maximum atomic E-state index is 13.6. The molecule has 1 atom stereocenters. The number of carbonyl (C=O) groups is 3. The normalized spacial score (nSPS) is 12.0. The summed E-state index contributed by atoms with van der Waals surface area (Å²) in [7, 11) is 0. The molecule has 0 aliphatic heterocycles. The SMILES string of the molecule is CC(OC(=O)C=Cc1nc2ccccc2o1)C(=O)NCC(=O)Nc1ccc(F)c(F)c1F. The minimum Gasteiger partial charge on any atom is -0.449 e. The number of anilines is 1. The van der Waals surface area contributed by atoms with Gasteiger partial charge in [0.15, 0.2) is 29.1 Å². The zero-order chi connectivity index (χ0) is 23.3. The molecule has 3 rings (SSSR count). The number of aromatic nitrogens is 1. The van der Waals surface area contributed by atoms with E-state index in [4.69, 9.17) is 9.15 Å². The van der Waals surface area contributed by atoms with E-state index in [1.54, 1.807) is 24.3 Å². The van der Waals surface area contributed by atoms with Crippen LogP contribution in [0.5, 0.6) is 0 Å². The highest BCUT2D eigenvalue weighted by Gasteiger charge is 2.19. The molecule has 2 amide bonds. The van der Waals surface area contributed by atoms with Gasteiger partial charge >= 0.3 is 5.97 Å². The lowest BCUT2D eigenvalue weighted by Crippen LogP contribution is -2.40. The first kappa shape index (κ1) is 22.5. The summed E-state index contributed by atoms with van der Waals surface area (Å²) in [6.45, 7) is 0.644. The Morgan fingerprint density at radius 2 is 1.88 bits per heavy atom. The van der Waals surface area contributed by atoms with E-state index in [1.807, 2.05) is 5.32 Å². The number of halogens is 3. The molecule has 11 heteroatoms. The molecule has 0 spiro atoms. The molecule has 32 heavy (non-hydrogen) atoms. The zero-order valence-electron chi connectivity index (χ0n) is 16.5. The highest BCUT2D eigenvalue weighted by atomic mass is 19.2. The number of carbonyl (C=O) groups excluding carboxylic acids is 3. The second-order valence-corrected chi connectivity index (χ2v) is 6.42. The van der Waals surface area contributed by atoms with Gasteiger partial charge < -0.3 is 19.8 Å². The number of hydrogen-bond donors (Lipinski definition) is 2. The van der Waals surface area contributed by atoms with Gasteiger partial charge in [0.1, 0.15) is 5.52 Å². The molecule has 1 unspecified atom stereocenters. The van der Waals surface area contributed by atoms with Crippen molar-refractivity contribution in [3.63, 3.8) is 0 Å². The standard InChI is InChI=1S/C21H16F3N3O5/c1-11(31-18(29)9-8-17-27-13-4-2-3-5-15(13)32-17)21(30)25-10-16(28)26-14-7-6-12(22)19(23)20(14)24/h2-9,11H,10H2,1H3,(H,25,30)(H,26,28). The predicted octanol–water partition coefficient (Wildman–Crippen LogP) is 2.94. The Morgan fingerprint density at radius 3 is 2.62 bits per heavy atom. The Morgan fingerprint density at radius 1 is 1.12 bits per heavy atom. The van der Waals surface area contributed by atoms with Crippen LogP contribution >= 0.6 is 0 Å². The van der Waals surface area contributed by atoms with Crippen LogP contribution in [0.3, 0.4) is 0 Å². The van der Waals surface area contributed by atoms with Crippen molar-refractivity contribution < 1.29 is 36.7 Å². The van der Waals surface area contributed by atoms with Gasteiger partial charge in [0.2, 0.25) is 11.8 Å². The molecule has 1 aromatic heterocycles. The van der Waals surface area contributed by atoms with Gasteiger partial charge in [-0.25, -0.2) is 22.9 Å². The van der Waals surface area contributed by atoms with Gasteiger partial charge in [0, 0.05) is 12.2 Å². The third kappa shape index (κ3) is 5.50. The molecule has 2 N–H and O–H groups in total. The monoisotopic (exact) mass is 447 g/mol. The Hall–Kier alpha value is -4.15. The van der Waals surface area contributed by atoms with Crippen LogP contribution in [0, 0.1) is 17.5 Å². The molecule has 0 saturated heterocycles. The molecule has 166 valence electrons. The number of rotatable bonds is 7. The largest absolute Gasteiger partial charge is 0.449 e. The summed E-state index contributed by atoms with van der Waals surface area (Å²) in [4.78, 5) is 39.8. The number of amides is 2. The van der Waals surface area contributed by atoms with E-state index in [-0.39, 0.29) is 5.89 Å². The minimum absolute atomic E-state index is 0.168. The fourth-order valence-electron chi connectivity index (χ4n) is 2.50. The van der Waals surface area contributed by atoms with Crippen LogP contribution in [0.15, 0.2) is 46.9 Å². The van der Waals surface area contributed by atoms with E-state index in [2.05, 4.69) is 10.3 Å². The maximum Gasteiger partial charge on any atom is 0.331 e. The summed E-state index contributed by atoms with van der Waals surface area (Å²) in [5, 5.41) is 4.16. The molecule has 8 nitrogen and oxygen atoms in total. The van der Waals surface area contributed by atoms with Gasteiger partial charge in [-0.15, -0.1) is 0 Å². The van der Waals surface area contributed by atoms with Gasteiger partial charge in [-0.05, 0) is 31.2 Å². The van der Waals surface area contributed by atoms with Crippen LogP contribution in [-0.4, -0.2) is 35.4 Å². The molecule has 3 aromatic rings. The lowest BCUT2D eigenvalue weighted by atomic mass is 10.2. The van der Waals surface area contributed by atoms with Gasteiger partial charge in [-0.2, -0.15) is 0 Å². The average Bonchev–Trinajstić information content (AvgIpc) is 3.19. The van der Waals surface area contributed by atoms with E-state index >= 15 is 0 Å². The van der Waals surface area contributed by atoms with Crippen LogP contribution in [-0.2, 0) is 19.1 Å². The van der Waals surface area contributed by atoms with Gasteiger partial charge in [0.25, 0.3) is 5.91 Å². The van der Waals surface area contributed by atoms with E-state index in [9.17, 15) is 27.6 Å². The highest BCUT2D eigenvalue weighted by molar-refractivity contribution is 5.96. The third-order valence-corrected chi connectivity index (χ3v) is 4.07. The molecule has 2 aromatic carbocycles. The quantitative estimate of drug-likeness (QED) is 0.327. The molecule has 0 aliphatic carbocycles. The van der Waals surface area contributed by atoms with Crippen LogP contribution in [0.25, 0.3) is 17.2 Å².